The first-order valence-electron chi connectivity index (χ1n) is 17.5. The summed E-state index contributed by atoms with van der Waals surface area (Å²) in [6, 6.07) is 9.28. The summed E-state index contributed by atoms with van der Waals surface area (Å²) in [6.45, 7) is 27.2. The van der Waals surface area contributed by atoms with E-state index in [1.165, 1.54) is 3.58 Å². The van der Waals surface area contributed by atoms with Crippen molar-refractivity contribution in [2.75, 3.05) is 20.3 Å². The molecule has 44 heavy (non-hydrogen) atoms. The lowest BCUT2D eigenvalue weighted by molar-refractivity contribution is -0.152. The SMILES string of the molecule is CC[Si](CC)(CC)OC/C=C(\I)C[C@H]1OC[C@@H](O[Si](CC)(CC)CC)[C@@H](N(C)C(=O)OC(C)(C)C)[C@H]1O[Si](CC)(CC)CC. The van der Waals surface area contributed by atoms with Crippen molar-refractivity contribution >= 4 is 53.6 Å². The van der Waals surface area contributed by atoms with Crippen molar-refractivity contribution in [2.24, 2.45) is 0 Å². The number of amides is 1. The van der Waals surface area contributed by atoms with Gasteiger partial charge in [0.05, 0.1) is 37.6 Å². The first-order chi connectivity index (χ1) is 20.6. The maximum absolute atomic E-state index is 13.7. The second kappa shape index (κ2) is 19.3. The van der Waals surface area contributed by atoms with Gasteiger partial charge in [0.2, 0.25) is 0 Å². The van der Waals surface area contributed by atoms with E-state index in [1.54, 1.807) is 4.90 Å². The van der Waals surface area contributed by atoms with Crippen molar-refractivity contribution in [1.82, 2.24) is 4.90 Å². The molecule has 0 aromatic carbocycles. The van der Waals surface area contributed by atoms with Crippen molar-refractivity contribution in [3.63, 3.8) is 0 Å². The molecule has 0 bridgehead atoms. The largest absolute Gasteiger partial charge is 0.444 e. The summed E-state index contributed by atoms with van der Waals surface area (Å²) in [5, 5.41) is 0. The zero-order valence-corrected chi connectivity index (χ0v) is 35.8. The van der Waals surface area contributed by atoms with Gasteiger partial charge in [-0.05, 0) is 101 Å². The molecule has 0 unspecified atom stereocenters. The Morgan fingerprint density at radius 3 is 1.70 bits per heavy atom. The first kappa shape index (κ1) is 42.3. The predicted molar refractivity (Wildman–Crippen MR) is 202 cm³/mol. The lowest BCUT2D eigenvalue weighted by atomic mass is 9.94. The number of ether oxygens (including phenoxy) is 2. The van der Waals surface area contributed by atoms with Crippen LogP contribution in [0, 0.1) is 0 Å². The first-order valence-corrected chi connectivity index (χ1v) is 26.2. The average molecular weight is 786 g/mol. The Morgan fingerprint density at radius 1 is 0.818 bits per heavy atom. The van der Waals surface area contributed by atoms with Crippen LogP contribution >= 0.6 is 22.6 Å². The van der Waals surface area contributed by atoms with E-state index in [-0.39, 0.29) is 30.4 Å². The molecule has 0 aromatic heterocycles. The lowest BCUT2D eigenvalue weighted by Crippen LogP contribution is -2.66. The van der Waals surface area contributed by atoms with E-state index in [9.17, 15) is 4.79 Å². The molecule has 4 atom stereocenters. The van der Waals surface area contributed by atoms with Gasteiger partial charge in [-0.15, -0.1) is 0 Å². The number of hydrogen-bond donors (Lipinski definition) is 0. The van der Waals surface area contributed by atoms with Crippen LogP contribution in [-0.2, 0) is 22.8 Å². The number of carbonyl (C=O) groups excluding carboxylic acids is 1. The van der Waals surface area contributed by atoms with Crippen LogP contribution in [0.4, 0.5) is 4.79 Å². The molecule has 11 heteroatoms. The molecule has 260 valence electrons. The normalized spacial score (nSPS) is 22.3. The molecule has 0 aliphatic carbocycles. The van der Waals surface area contributed by atoms with Crippen LogP contribution in [0.15, 0.2) is 9.66 Å². The molecule has 0 saturated carbocycles. The van der Waals surface area contributed by atoms with E-state index in [2.05, 4.69) is 91.0 Å². The molecular formula is C33H68INO6Si3. The number of nitrogens with zero attached hydrogens (tertiary/aromatic N) is 1. The van der Waals surface area contributed by atoms with Gasteiger partial charge in [-0.1, -0.05) is 68.4 Å². The Kier molecular flexibility index (Phi) is 18.5. The maximum atomic E-state index is 13.7. The molecule has 1 rings (SSSR count). The molecule has 0 aromatic rings. The second-order valence-corrected chi connectivity index (χ2v) is 29.2. The summed E-state index contributed by atoms with van der Waals surface area (Å²) in [6.07, 6.45) is 1.83. The van der Waals surface area contributed by atoms with E-state index in [4.69, 9.17) is 22.8 Å². The van der Waals surface area contributed by atoms with E-state index in [0.717, 1.165) is 60.8 Å². The highest BCUT2D eigenvalue weighted by Crippen LogP contribution is 2.37. The minimum atomic E-state index is -2.09. The molecule has 1 fully saturated rings. The molecule has 7 nitrogen and oxygen atoms in total. The zero-order valence-electron chi connectivity index (χ0n) is 30.6. The summed E-state index contributed by atoms with van der Waals surface area (Å²) in [7, 11) is -3.90. The molecule has 0 N–H and O–H groups in total. The van der Waals surface area contributed by atoms with Gasteiger partial charge in [0.1, 0.15) is 5.60 Å². The van der Waals surface area contributed by atoms with Crippen LogP contribution in [0.5, 0.6) is 0 Å². The van der Waals surface area contributed by atoms with Gasteiger partial charge < -0.3 is 27.7 Å². The smallest absolute Gasteiger partial charge is 0.410 e. The number of halogens is 1. The fraction of sp³-hybridized carbons (Fsp3) is 0.909. The summed E-state index contributed by atoms with van der Waals surface area (Å²) in [5.41, 5.74) is -0.599. The third kappa shape index (κ3) is 11.7. The van der Waals surface area contributed by atoms with Gasteiger partial charge in [-0.3, -0.25) is 0 Å². The second-order valence-electron chi connectivity index (χ2n) is 13.6. The molecule has 0 radical (unpaired) electrons. The molecular weight excluding hydrogens is 718 g/mol. The summed E-state index contributed by atoms with van der Waals surface area (Å²) in [4.78, 5) is 15.5. The Balaban J connectivity index is 3.60. The highest BCUT2D eigenvalue weighted by atomic mass is 127. The molecule has 1 aliphatic rings. The van der Waals surface area contributed by atoms with E-state index < -0.39 is 30.6 Å². The van der Waals surface area contributed by atoms with E-state index >= 15 is 0 Å². The lowest BCUT2D eigenvalue weighted by Gasteiger charge is -2.51. The predicted octanol–water partition coefficient (Wildman–Crippen LogP) is 10.1. The highest BCUT2D eigenvalue weighted by Gasteiger charge is 2.51. The van der Waals surface area contributed by atoms with Crippen molar-refractivity contribution in [1.29, 1.82) is 0 Å². The van der Waals surface area contributed by atoms with Gasteiger partial charge in [0.15, 0.2) is 25.0 Å². The Morgan fingerprint density at radius 2 is 1.27 bits per heavy atom. The maximum Gasteiger partial charge on any atom is 0.410 e. The number of hydrogen-bond acceptors (Lipinski definition) is 6. The van der Waals surface area contributed by atoms with Crippen molar-refractivity contribution in [3.8, 4) is 0 Å². The summed E-state index contributed by atoms with van der Waals surface area (Å²) < 4.78 is 34.9. The van der Waals surface area contributed by atoms with Crippen LogP contribution in [-0.4, -0.2) is 86.2 Å². The van der Waals surface area contributed by atoms with Gasteiger partial charge >= 0.3 is 6.09 Å². The Labute approximate surface area is 288 Å². The fourth-order valence-corrected chi connectivity index (χ4v) is 15.3. The number of likely N-dealkylation sites (N-methyl/N-ethyl adjacent to an activating group) is 1. The minimum Gasteiger partial charge on any atom is -0.444 e. The summed E-state index contributed by atoms with van der Waals surface area (Å²) in [5.74, 6) is 0. The van der Waals surface area contributed by atoms with Crippen LogP contribution < -0.4 is 0 Å². The highest BCUT2D eigenvalue weighted by molar-refractivity contribution is 14.1. The zero-order chi connectivity index (χ0) is 33.8. The topological polar surface area (TPSA) is 66.5 Å². The number of rotatable bonds is 19. The van der Waals surface area contributed by atoms with Crippen LogP contribution in [0.1, 0.15) is 89.5 Å². The minimum absolute atomic E-state index is 0.198. The van der Waals surface area contributed by atoms with Crippen molar-refractivity contribution in [3.05, 3.63) is 9.66 Å². The third-order valence-electron chi connectivity index (χ3n) is 10.4. The van der Waals surface area contributed by atoms with Crippen molar-refractivity contribution < 1.29 is 27.5 Å². The van der Waals surface area contributed by atoms with E-state index in [0.29, 0.717) is 13.2 Å². The molecule has 1 saturated heterocycles. The van der Waals surface area contributed by atoms with Gasteiger partial charge in [-0.25, -0.2) is 4.79 Å². The molecule has 1 heterocycles. The van der Waals surface area contributed by atoms with Gasteiger partial charge in [-0.2, -0.15) is 0 Å². The fourth-order valence-electron chi connectivity index (χ4n) is 6.44. The summed E-state index contributed by atoms with van der Waals surface area (Å²) >= 11 is 2.45. The van der Waals surface area contributed by atoms with Gasteiger partial charge in [0, 0.05) is 13.5 Å². The van der Waals surface area contributed by atoms with Crippen LogP contribution in [0.2, 0.25) is 54.4 Å². The molecule has 1 aliphatic heterocycles. The van der Waals surface area contributed by atoms with Crippen molar-refractivity contribution in [2.45, 2.75) is 174 Å². The Bertz CT molecular complexity index is 849. The quantitative estimate of drug-likeness (QED) is 0.0960. The third-order valence-corrected chi connectivity index (χ3v) is 25.2. The monoisotopic (exact) mass is 785 g/mol. The average Bonchev–Trinajstić information content (AvgIpc) is 3.01. The number of carbonyl (C=O) groups is 1. The molecule has 1 amide bonds. The van der Waals surface area contributed by atoms with E-state index in [1.807, 2.05) is 27.8 Å². The molecule has 0 spiro atoms. The van der Waals surface area contributed by atoms with Gasteiger partial charge in [0.25, 0.3) is 0 Å². The van der Waals surface area contributed by atoms with Crippen LogP contribution in [0.3, 0.4) is 0 Å². The van der Waals surface area contributed by atoms with Crippen LogP contribution in [0.25, 0.3) is 0 Å². The Hall–Kier alpha value is 0.231. The standard InChI is InChI=1S/C33H68INO6Si3/c1-14-42(15-2,16-3)38-24-23-27(34)25-28-31(41-44(20-7,21-8)22-9)30(35(13)32(36)39-33(10,11)12)29(26-37-28)40-43(17-4,18-5)19-6/h23,28-31H,14-22,24-26H2,1-13H3/b27-23-/t28-,29-,30-,31+/m1/s1.